The second-order valence-corrected chi connectivity index (χ2v) is 5.91. The Morgan fingerprint density at radius 2 is 1.36 bits per heavy atom. The molecule has 3 heteroatoms. The molecule has 0 N–H and O–H groups in total. The van der Waals surface area contributed by atoms with Crippen LogP contribution in [0.1, 0.15) is 0 Å². The Labute approximate surface area is 65.5 Å². The van der Waals surface area contributed by atoms with Crippen molar-refractivity contribution in [3.05, 3.63) is 34.7 Å². The zero-order chi connectivity index (χ0) is 7.90. The first kappa shape index (κ1) is 6.77. The van der Waals surface area contributed by atoms with Gasteiger partial charge in [0.25, 0.3) is 0 Å². The van der Waals surface area contributed by atoms with E-state index in [1.54, 1.807) is 12.1 Å². The summed E-state index contributed by atoms with van der Waals surface area (Å²) in [6.45, 7) is 0. The van der Waals surface area contributed by atoms with Gasteiger partial charge in [0, 0.05) is 0 Å². The molecule has 1 heterocycles. The molecule has 0 saturated carbocycles. The van der Waals surface area contributed by atoms with Crippen molar-refractivity contribution in [3.8, 4) is 0 Å². The average Bonchev–Trinajstić information content (AvgIpc) is 2.21. The van der Waals surface area contributed by atoms with Crippen LogP contribution in [0.5, 0.6) is 0 Å². The Bertz CT molecular complexity index is 456. The van der Waals surface area contributed by atoms with Gasteiger partial charge in [0.05, 0.1) is 0 Å². The van der Waals surface area contributed by atoms with Gasteiger partial charge in [-0.15, -0.1) is 0 Å². The molecular formula is C8H6O2Se. The van der Waals surface area contributed by atoms with Crippen LogP contribution in [-0.4, -0.2) is 12.7 Å². The van der Waals surface area contributed by atoms with Gasteiger partial charge in [-0.1, -0.05) is 0 Å². The van der Waals surface area contributed by atoms with Crippen molar-refractivity contribution >= 4 is 22.7 Å². The van der Waals surface area contributed by atoms with E-state index in [0.29, 0.717) is 0 Å². The van der Waals surface area contributed by atoms with E-state index in [4.69, 9.17) is 0 Å². The third kappa shape index (κ3) is 1.13. The second-order valence-electron chi connectivity index (χ2n) is 2.45. The fraction of sp³-hybridized carbons (Fsp3) is 0. The van der Waals surface area contributed by atoms with Gasteiger partial charge < -0.3 is 0 Å². The van der Waals surface area contributed by atoms with Crippen molar-refractivity contribution < 1.29 is 7.67 Å². The predicted octanol–water partition coefficient (Wildman–Crippen LogP) is -0.357. The maximum absolute atomic E-state index is 11.0. The summed E-state index contributed by atoms with van der Waals surface area (Å²) < 4.78 is 22.1. The first-order chi connectivity index (χ1) is 5.17. The van der Waals surface area contributed by atoms with E-state index >= 15 is 0 Å². The van der Waals surface area contributed by atoms with Gasteiger partial charge in [-0.05, 0) is 0 Å². The molecule has 0 aromatic heterocycles. The Balaban J connectivity index is 3.03. The van der Waals surface area contributed by atoms with Crippen LogP contribution in [-0.2, 0) is 7.67 Å². The Morgan fingerprint density at radius 1 is 0.909 bits per heavy atom. The molecule has 0 fully saturated rings. The summed E-state index contributed by atoms with van der Waals surface area (Å²) in [4.78, 5) is 2.71. The number of hydrogen-bond acceptors (Lipinski definition) is 2. The molecule has 1 aromatic rings. The van der Waals surface area contributed by atoms with Crippen molar-refractivity contribution in [1.29, 1.82) is 0 Å². The van der Waals surface area contributed by atoms with Crippen LogP contribution in [0.15, 0.2) is 24.3 Å². The number of fused-ring (bicyclic) bond motifs is 1. The molecule has 0 amide bonds. The van der Waals surface area contributed by atoms with Gasteiger partial charge in [-0.2, -0.15) is 0 Å². The van der Waals surface area contributed by atoms with Crippen LogP contribution in [0.4, 0.5) is 0 Å². The number of rotatable bonds is 0. The van der Waals surface area contributed by atoms with Crippen molar-refractivity contribution in [1.82, 2.24) is 0 Å². The van der Waals surface area contributed by atoms with Crippen LogP contribution in [0.25, 0.3) is 9.95 Å². The maximum atomic E-state index is 11.0. The minimum atomic E-state index is -3.76. The Kier molecular flexibility index (Phi) is 1.25. The molecule has 1 aliphatic heterocycles. The molecule has 2 rings (SSSR count). The van der Waals surface area contributed by atoms with E-state index in [0.717, 1.165) is 10.4 Å². The zero-order valence-electron chi connectivity index (χ0n) is 5.69. The number of hydrogen-bond donors (Lipinski definition) is 0. The van der Waals surface area contributed by atoms with E-state index in [1.807, 2.05) is 12.1 Å². The van der Waals surface area contributed by atoms with E-state index in [9.17, 15) is 7.67 Å². The van der Waals surface area contributed by atoms with E-state index in [1.165, 1.54) is 9.95 Å². The summed E-state index contributed by atoms with van der Waals surface area (Å²) in [7, 11) is 0. The molecule has 56 valence electrons. The van der Waals surface area contributed by atoms with Gasteiger partial charge in [0.2, 0.25) is 0 Å². The molecular weight excluding hydrogens is 207 g/mol. The van der Waals surface area contributed by atoms with Crippen LogP contribution in [0, 0.1) is 0 Å². The van der Waals surface area contributed by atoms with Gasteiger partial charge in [-0.3, -0.25) is 0 Å². The van der Waals surface area contributed by atoms with Crippen molar-refractivity contribution in [2.75, 3.05) is 0 Å². The third-order valence-electron chi connectivity index (χ3n) is 1.58. The summed E-state index contributed by atoms with van der Waals surface area (Å²) in [5, 5.41) is 1.63. The van der Waals surface area contributed by atoms with Gasteiger partial charge in [0.1, 0.15) is 0 Å². The van der Waals surface area contributed by atoms with Crippen LogP contribution in [0.3, 0.4) is 0 Å². The van der Waals surface area contributed by atoms with Crippen molar-refractivity contribution in [2.45, 2.75) is 0 Å². The van der Waals surface area contributed by atoms with E-state index in [2.05, 4.69) is 0 Å². The molecule has 11 heavy (non-hydrogen) atoms. The minimum absolute atomic E-state index is 0.817. The molecule has 0 spiro atoms. The molecule has 1 aromatic carbocycles. The molecule has 0 saturated heterocycles. The summed E-state index contributed by atoms with van der Waals surface area (Å²) in [6, 6.07) is 7.28. The first-order valence-corrected chi connectivity index (χ1v) is 6.59. The van der Waals surface area contributed by atoms with Crippen molar-refractivity contribution in [2.24, 2.45) is 0 Å². The third-order valence-corrected chi connectivity index (χ3v) is 4.02. The average molecular weight is 213 g/mol. The Hall–Kier alpha value is -0.921. The fourth-order valence-corrected chi connectivity index (χ4v) is 3.64. The quantitative estimate of drug-likeness (QED) is 0.551. The van der Waals surface area contributed by atoms with Crippen molar-refractivity contribution in [3.63, 3.8) is 0 Å². The standard InChI is InChI=1S/C8H6O2Se/c9-11(10)5-7-3-1-2-4-8(7)6-11/h1-6H. The molecule has 2 nitrogen and oxygen atoms in total. The van der Waals surface area contributed by atoms with Crippen LogP contribution < -0.4 is 10.4 Å². The fourth-order valence-electron chi connectivity index (χ4n) is 1.11. The molecule has 0 aliphatic carbocycles. The topological polar surface area (TPSA) is 34.1 Å². The number of benzene rings is 1. The van der Waals surface area contributed by atoms with E-state index in [-0.39, 0.29) is 0 Å². The van der Waals surface area contributed by atoms with Crippen LogP contribution >= 0.6 is 0 Å². The van der Waals surface area contributed by atoms with Gasteiger partial charge in [0.15, 0.2) is 0 Å². The monoisotopic (exact) mass is 214 g/mol. The zero-order valence-corrected chi connectivity index (χ0v) is 7.40. The summed E-state index contributed by atoms with van der Waals surface area (Å²) in [5.41, 5.74) is 0. The summed E-state index contributed by atoms with van der Waals surface area (Å²) in [6.07, 6.45) is 0. The molecule has 0 atom stereocenters. The Morgan fingerprint density at radius 3 is 1.82 bits per heavy atom. The summed E-state index contributed by atoms with van der Waals surface area (Å²) in [5.74, 6) is 0. The van der Waals surface area contributed by atoms with Crippen LogP contribution in [0.2, 0.25) is 0 Å². The van der Waals surface area contributed by atoms with Gasteiger partial charge in [-0.25, -0.2) is 0 Å². The van der Waals surface area contributed by atoms with E-state index < -0.39 is 12.7 Å². The SMILES string of the molecule is O=[Se]1(=O)C=c2ccccc2=C1. The molecule has 0 bridgehead atoms. The molecule has 1 aliphatic rings. The predicted molar refractivity (Wildman–Crippen MR) is 41.7 cm³/mol. The van der Waals surface area contributed by atoms with Gasteiger partial charge >= 0.3 is 65.0 Å². The first-order valence-electron chi connectivity index (χ1n) is 3.21. The normalized spacial score (nSPS) is 18.2. The second kappa shape index (κ2) is 2.03. The summed E-state index contributed by atoms with van der Waals surface area (Å²) >= 11 is -3.76. The molecule has 0 radical (unpaired) electrons. The molecule has 0 unspecified atom stereocenters.